The third-order valence-corrected chi connectivity index (χ3v) is 4.32. The van der Waals surface area contributed by atoms with Crippen LogP contribution in [-0.2, 0) is 9.53 Å². The van der Waals surface area contributed by atoms with Gasteiger partial charge in [-0.1, -0.05) is 6.07 Å². The zero-order valence-electron chi connectivity index (χ0n) is 14.9. The summed E-state index contributed by atoms with van der Waals surface area (Å²) < 4.78 is 11.9. The van der Waals surface area contributed by atoms with Crippen molar-refractivity contribution in [3.8, 4) is 5.75 Å². The standard InChI is InChI=1S/C18H25IN2O4/c1-18(2,3)25-17(23)20-14-7-5-9-21(11-14)16(22)12-24-15-8-4-6-13(19)10-15/h4,6,8,10,14H,5,7,9,11-12H2,1-3H3,(H,20,23)/t14-/m1/s1. The second-order valence-corrected chi connectivity index (χ2v) is 8.32. The minimum Gasteiger partial charge on any atom is -0.484 e. The van der Waals surface area contributed by atoms with E-state index in [9.17, 15) is 9.59 Å². The van der Waals surface area contributed by atoms with E-state index in [0.29, 0.717) is 18.8 Å². The highest BCUT2D eigenvalue weighted by Gasteiger charge is 2.26. The highest BCUT2D eigenvalue weighted by Crippen LogP contribution is 2.16. The molecule has 0 unspecified atom stereocenters. The molecule has 1 aliphatic heterocycles. The molecule has 0 radical (unpaired) electrons. The summed E-state index contributed by atoms with van der Waals surface area (Å²) in [6.45, 7) is 6.64. The molecule has 0 aromatic heterocycles. The molecule has 25 heavy (non-hydrogen) atoms. The van der Waals surface area contributed by atoms with Crippen molar-refractivity contribution in [1.82, 2.24) is 10.2 Å². The molecule has 0 bridgehead atoms. The van der Waals surface area contributed by atoms with Gasteiger partial charge in [0.15, 0.2) is 6.61 Å². The molecule has 1 heterocycles. The first-order valence-electron chi connectivity index (χ1n) is 8.38. The number of amides is 2. The van der Waals surface area contributed by atoms with Gasteiger partial charge in [0.05, 0.1) is 0 Å². The van der Waals surface area contributed by atoms with Crippen LogP contribution in [0, 0.1) is 3.57 Å². The number of carbonyl (C=O) groups excluding carboxylic acids is 2. The number of nitrogens with one attached hydrogen (secondary N) is 1. The molecule has 0 saturated carbocycles. The Bertz CT molecular complexity index is 615. The molecular formula is C18H25IN2O4. The van der Waals surface area contributed by atoms with Crippen molar-refractivity contribution in [2.75, 3.05) is 19.7 Å². The van der Waals surface area contributed by atoms with E-state index in [1.165, 1.54) is 0 Å². The quantitative estimate of drug-likeness (QED) is 0.702. The summed E-state index contributed by atoms with van der Waals surface area (Å²) >= 11 is 2.20. The number of benzene rings is 1. The van der Waals surface area contributed by atoms with Gasteiger partial charge in [0, 0.05) is 22.7 Å². The van der Waals surface area contributed by atoms with E-state index in [2.05, 4.69) is 27.9 Å². The van der Waals surface area contributed by atoms with E-state index in [1.54, 1.807) is 4.90 Å². The molecule has 138 valence electrons. The predicted molar refractivity (Wildman–Crippen MR) is 104 cm³/mol. The van der Waals surface area contributed by atoms with Crippen molar-refractivity contribution < 1.29 is 19.1 Å². The number of rotatable bonds is 4. The van der Waals surface area contributed by atoms with Gasteiger partial charge in [-0.15, -0.1) is 0 Å². The minimum absolute atomic E-state index is 0.000743. The molecule has 2 amide bonds. The van der Waals surface area contributed by atoms with Gasteiger partial charge in [0.1, 0.15) is 11.4 Å². The van der Waals surface area contributed by atoms with Crippen LogP contribution in [0.2, 0.25) is 0 Å². The fourth-order valence-corrected chi connectivity index (χ4v) is 3.10. The van der Waals surface area contributed by atoms with Crippen molar-refractivity contribution in [2.24, 2.45) is 0 Å². The van der Waals surface area contributed by atoms with Crippen LogP contribution >= 0.6 is 22.6 Å². The summed E-state index contributed by atoms with van der Waals surface area (Å²) in [6.07, 6.45) is 1.23. The van der Waals surface area contributed by atoms with Crippen molar-refractivity contribution in [3.63, 3.8) is 0 Å². The summed E-state index contributed by atoms with van der Waals surface area (Å²) in [7, 11) is 0. The topological polar surface area (TPSA) is 67.9 Å². The summed E-state index contributed by atoms with van der Waals surface area (Å²) in [4.78, 5) is 26.0. The fraction of sp³-hybridized carbons (Fsp3) is 0.556. The third-order valence-electron chi connectivity index (χ3n) is 3.65. The number of nitrogens with zero attached hydrogens (tertiary/aromatic N) is 1. The average Bonchev–Trinajstić information content (AvgIpc) is 2.51. The van der Waals surface area contributed by atoms with Gasteiger partial charge in [-0.05, 0) is 74.4 Å². The smallest absolute Gasteiger partial charge is 0.407 e. The highest BCUT2D eigenvalue weighted by molar-refractivity contribution is 14.1. The van der Waals surface area contributed by atoms with Gasteiger partial charge in [0.2, 0.25) is 0 Å². The lowest BCUT2D eigenvalue weighted by Gasteiger charge is -2.33. The zero-order chi connectivity index (χ0) is 18.4. The first-order chi connectivity index (χ1) is 11.7. The number of likely N-dealkylation sites (tertiary alicyclic amines) is 1. The van der Waals surface area contributed by atoms with Crippen LogP contribution in [0.1, 0.15) is 33.6 Å². The Kier molecular flexibility index (Phi) is 6.92. The lowest BCUT2D eigenvalue weighted by Crippen LogP contribution is -2.51. The Morgan fingerprint density at radius 2 is 2.12 bits per heavy atom. The molecule has 1 aromatic rings. The zero-order valence-corrected chi connectivity index (χ0v) is 17.0. The van der Waals surface area contributed by atoms with Crippen LogP contribution in [0.5, 0.6) is 5.75 Å². The van der Waals surface area contributed by atoms with E-state index in [0.717, 1.165) is 16.4 Å². The Labute approximate surface area is 162 Å². The summed E-state index contributed by atoms with van der Waals surface area (Å²) in [5.41, 5.74) is -0.532. The van der Waals surface area contributed by atoms with Gasteiger partial charge in [-0.25, -0.2) is 4.79 Å². The van der Waals surface area contributed by atoms with Gasteiger partial charge < -0.3 is 19.7 Å². The molecule has 1 N–H and O–H groups in total. The Morgan fingerprint density at radius 3 is 2.80 bits per heavy atom. The Hall–Kier alpha value is -1.51. The van der Waals surface area contributed by atoms with E-state index in [-0.39, 0.29) is 18.6 Å². The second-order valence-electron chi connectivity index (χ2n) is 7.07. The van der Waals surface area contributed by atoms with Crippen LogP contribution in [0.25, 0.3) is 0 Å². The Balaban J connectivity index is 1.81. The lowest BCUT2D eigenvalue weighted by molar-refractivity contribution is -0.134. The predicted octanol–water partition coefficient (Wildman–Crippen LogP) is 3.19. The van der Waals surface area contributed by atoms with Gasteiger partial charge in [0.25, 0.3) is 5.91 Å². The van der Waals surface area contributed by atoms with Crippen molar-refractivity contribution in [2.45, 2.75) is 45.3 Å². The van der Waals surface area contributed by atoms with E-state index >= 15 is 0 Å². The summed E-state index contributed by atoms with van der Waals surface area (Å²) in [5.74, 6) is 0.607. The van der Waals surface area contributed by atoms with Crippen molar-refractivity contribution in [1.29, 1.82) is 0 Å². The van der Waals surface area contributed by atoms with E-state index in [4.69, 9.17) is 9.47 Å². The average molecular weight is 460 g/mol. The molecule has 6 nitrogen and oxygen atoms in total. The number of halogens is 1. The van der Waals surface area contributed by atoms with Gasteiger partial charge in [-0.2, -0.15) is 0 Å². The van der Waals surface area contributed by atoms with Crippen LogP contribution < -0.4 is 10.1 Å². The van der Waals surface area contributed by atoms with Crippen molar-refractivity contribution in [3.05, 3.63) is 27.8 Å². The van der Waals surface area contributed by atoms with Crippen LogP contribution in [0.4, 0.5) is 4.79 Å². The number of hydrogen-bond acceptors (Lipinski definition) is 4. The van der Waals surface area contributed by atoms with Gasteiger partial charge >= 0.3 is 6.09 Å². The molecule has 0 spiro atoms. The largest absolute Gasteiger partial charge is 0.484 e. The van der Waals surface area contributed by atoms with Crippen molar-refractivity contribution >= 4 is 34.6 Å². The normalized spacial score (nSPS) is 17.8. The second kappa shape index (κ2) is 8.73. The molecule has 2 rings (SSSR count). The lowest BCUT2D eigenvalue weighted by atomic mass is 10.1. The number of ether oxygens (including phenoxy) is 2. The van der Waals surface area contributed by atoms with Crippen LogP contribution in [0.15, 0.2) is 24.3 Å². The molecule has 7 heteroatoms. The van der Waals surface area contributed by atoms with Crippen LogP contribution in [0.3, 0.4) is 0 Å². The highest BCUT2D eigenvalue weighted by atomic mass is 127. The molecule has 1 fully saturated rings. The SMILES string of the molecule is CC(C)(C)OC(=O)N[C@@H]1CCCN(C(=O)COc2cccc(I)c2)C1. The number of hydrogen-bond donors (Lipinski definition) is 1. The maximum Gasteiger partial charge on any atom is 0.407 e. The number of piperidine rings is 1. The summed E-state index contributed by atoms with van der Waals surface area (Å²) in [5, 5.41) is 2.84. The maximum atomic E-state index is 12.4. The molecule has 0 aliphatic carbocycles. The molecule has 1 aromatic carbocycles. The van der Waals surface area contributed by atoms with Gasteiger partial charge in [-0.3, -0.25) is 4.79 Å². The monoisotopic (exact) mass is 460 g/mol. The fourth-order valence-electron chi connectivity index (χ4n) is 2.59. The Morgan fingerprint density at radius 1 is 1.36 bits per heavy atom. The molecule has 1 aliphatic rings. The maximum absolute atomic E-state index is 12.4. The summed E-state index contributed by atoms with van der Waals surface area (Å²) in [6, 6.07) is 7.48. The first-order valence-corrected chi connectivity index (χ1v) is 9.46. The third kappa shape index (κ3) is 7.09. The van der Waals surface area contributed by atoms with E-state index < -0.39 is 11.7 Å². The van der Waals surface area contributed by atoms with Crippen LogP contribution in [-0.4, -0.2) is 48.2 Å². The minimum atomic E-state index is -0.532. The molecule has 1 saturated heterocycles. The number of alkyl carbamates (subject to hydrolysis) is 1. The molecule has 1 atom stereocenters. The van der Waals surface area contributed by atoms with E-state index in [1.807, 2.05) is 45.0 Å². The number of carbonyl (C=O) groups is 2. The first kappa shape index (κ1) is 19.8. The molecular weight excluding hydrogens is 435 g/mol.